The lowest BCUT2D eigenvalue weighted by atomic mass is 9.76. The number of ether oxygens (including phenoxy) is 2. The van der Waals surface area contributed by atoms with E-state index in [9.17, 15) is 10.2 Å². The first-order valence-electron chi connectivity index (χ1n) is 9.32. The highest BCUT2D eigenvalue weighted by Crippen LogP contribution is 2.51. The van der Waals surface area contributed by atoms with Crippen LogP contribution in [-0.4, -0.2) is 60.2 Å². The van der Waals surface area contributed by atoms with Gasteiger partial charge in [-0.15, -0.1) is 0 Å². The van der Waals surface area contributed by atoms with Gasteiger partial charge < -0.3 is 24.8 Å². The number of likely N-dealkylation sites (N-methyl/N-ethyl adjacent to an activating group) is 1. The first-order chi connectivity index (χ1) is 13.1. The molecule has 1 heterocycles. The van der Waals surface area contributed by atoms with E-state index in [1.54, 1.807) is 6.07 Å². The van der Waals surface area contributed by atoms with E-state index in [0.29, 0.717) is 25.4 Å². The average molecular weight is 371 g/mol. The lowest BCUT2D eigenvalue weighted by molar-refractivity contribution is 0.0705. The maximum atomic E-state index is 10.5. The van der Waals surface area contributed by atoms with Crippen molar-refractivity contribution in [3.8, 4) is 28.4 Å². The molecule has 0 bridgehead atoms. The molecular formula is C21H25NO5. The third kappa shape index (κ3) is 3.25. The van der Waals surface area contributed by atoms with Crippen LogP contribution in [0.1, 0.15) is 22.7 Å². The third-order valence-corrected chi connectivity index (χ3v) is 5.50. The Morgan fingerprint density at radius 3 is 2.78 bits per heavy atom. The molecule has 0 spiro atoms. The van der Waals surface area contributed by atoms with E-state index in [1.165, 1.54) is 11.1 Å². The molecule has 0 aromatic heterocycles. The quantitative estimate of drug-likeness (QED) is 0.534. The van der Waals surface area contributed by atoms with Crippen molar-refractivity contribution in [2.75, 3.05) is 40.0 Å². The van der Waals surface area contributed by atoms with Gasteiger partial charge in [0.2, 0.25) is 0 Å². The molecule has 0 radical (unpaired) electrons. The van der Waals surface area contributed by atoms with Crippen LogP contribution in [0.15, 0.2) is 24.3 Å². The van der Waals surface area contributed by atoms with Crippen molar-refractivity contribution in [2.45, 2.75) is 18.9 Å². The van der Waals surface area contributed by atoms with Gasteiger partial charge in [0.1, 0.15) is 12.4 Å². The van der Waals surface area contributed by atoms with Gasteiger partial charge in [-0.1, -0.05) is 6.07 Å². The van der Waals surface area contributed by atoms with Crippen LogP contribution in [0.5, 0.6) is 17.2 Å². The number of hydrogen-bond acceptors (Lipinski definition) is 6. The monoisotopic (exact) mass is 371 g/mol. The maximum absolute atomic E-state index is 10.5. The standard InChI is InChI=1S/C21H25NO5/c1-22-5-4-14-10-15(27-9-8-26-7-6-23)12-16-19(14)17(22)11-13-2-3-18(24)21(25)20(13)16/h2-3,10,12,17,23-25H,4-9,11H2,1H3. The molecule has 0 fully saturated rings. The second-order valence-corrected chi connectivity index (χ2v) is 7.15. The molecule has 2 aliphatic rings. The van der Waals surface area contributed by atoms with E-state index in [0.717, 1.165) is 36.3 Å². The van der Waals surface area contributed by atoms with Crippen LogP contribution in [0.3, 0.4) is 0 Å². The van der Waals surface area contributed by atoms with E-state index in [-0.39, 0.29) is 24.1 Å². The largest absolute Gasteiger partial charge is 0.504 e. The van der Waals surface area contributed by atoms with Gasteiger partial charge in [0.15, 0.2) is 11.5 Å². The summed E-state index contributed by atoms with van der Waals surface area (Å²) in [5, 5.41) is 29.3. The SMILES string of the molecule is CN1CCc2cc(OCCOCCO)cc3c2C1Cc1ccc(O)c(O)c1-3. The van der Waals surface area contributed by atoms with Crippen molar-refractivity contribution in [3.63, 3.8) is 0 Å². The first kappa shape index (κ1) is 18.1. The van der Waals surface area contributed by atoms with Crippen LogP contribution >= 0.6 is 0 Å². The predicted octanol–water partition coefficient (Wildman–Crippen LogP) is 2.24. The molecule has 1 atom stereocenters. The summed E-state index contributed by atoms with van der Waals surface area (Å²) in [7, 11) is 2.13. The Balaban J connectivity index is 1.73. The number of benzene rings is 2. The number of fused-ring (bicyclic) bond motifs is 2. The second kappa shape index (κ2) is 7.38. The third-order valence-electron chi connectivity index (χ3n) is 5.50. The molecule has 1 aliphatic heterocycles. The van der Waals surface area contributed by atoms with Crippen molar-refractivity contribution < 1.29 is 24.8 Å². The summed E-state index contributed by atoms with van der Waals surface area (Å²) < 4.78 is 11.1. The highest BCUT2D eigenvalue weighted by molar-refractivity contribution is 5.83. The highest BCUT2D eigenvalue weighted by atomic mass is 16.5. The van der Waals surface area contributed by atoms with Gasteiger partial charge in [0.05, 0.1) is 19.8 Å². The van der Waals surface area contributed by atoms with Crippen molar-refractivity contribution in [1.29, 1.82) is 0 Å². The molecule has 1 unspecified atom stereocenters. The van der Waals surface area contributed by atoms with E-state index in [4.69, 9.17) is 14.6 Å². The molecule has 6 nitrogen and oxygen atoms in total. The normalized spacial score (nSPS) is 18.1. The number of rotatable bonds is 6. The average Bonchev–Trinajstić information content (AvgIpc) is 2.67. The van der Waals surface area contributed by atoms with Gasteiger partial charge >= 0.3 is 0 Å². The minimum atomic E-state index is -0.103. The fourth-order valence-corrected chi connectivity index (χ4v) is 4.19. The summed E-state index contributed by atoms with van der Waals surface area (Å²) in [4.78, 5) is 2.35. The smallest absolute Gasteiger partial charge is 0.165 e. The molecule has 4 rings (SSSR count). The molecule has 0 amide bonds. The van der Waals surface area contributed by atoms with Crippen LogP contribution in [0.25, 0.3) is 11.1 Å². The fraction of sp³-hybridized carbons (Fsp3) is 0.429. The Bertz CT molecular complexity index is 851. The Kier molecular flexibility index (Phi) is 4.95. The van der Waals surface area contributed by atoms with Crippen LogP contribution in [-0.2, 0) is 17.6 Å². The number of aliphatic hydroxyl groups excluding tert-OH is 1. The minimum absolute atomic E-state index is 0.00253. The van der Waals surface area contributed by atoms with Crippen LogP contribution in [0.4, 0.5) is 0 Å². The number of aliphatic hydroxyl groups is 1. The van der Waals surface area contributed by atoms with E-state index >= 15 is 0 Å². The molecule has 6 heteroatoms. The van der Waals surface area contributed by atoms with E-state index < -0.39 is 0 Å². The summed E-state index contributed by atoms with van der Waals surface area (Å²) in [5.41, 5.74) is 5.13. The summed E-state index contributed by atoms with van der Waals surface area (Å²) in [6.07, 6.45) is 1.73. The van der Waals surface area contributed by atoms with Crippen LogP contribution < -0.4 is 4.74 Å². The Hall–Kier alpha value is -2.28. The second-order valence-electron chi connectivity index (χ2n) is 7.15. The van der Waals surface area contributed by atoms with Gasteiger partial charge in [0.25, 0.3) is 0 Å². The van der Waals surface area contributed by atoms with Gasteiger partial charge in [-0.25, -0.2) is 0 Å². The number of nitrogens with zero attached hydrogens (tertiary/aromatic N) is 1. The molecule has 3 N–H and O–H groups in total. The Labute approximate surface area is 158 Å². The summed E-state index contributed by atoms with van der Waals surface area (Å²) in [5.74, 6) is 0.564. The molecule has 27 heavy (non-hydrogen) atoms. The molecule has 144 valence electrons. The number of phenols is 2. The summed E-state index contributed by atoms with van der Waals surface area (Å²) >= 11 is 0. The Morgan fingerprint density at radius 1 is 1.11 bits per heavy atom. The number of aromatic hydroxyl groups is 2. The summed E-state index contributed by atoms with van der Waals surface area (Å²) in [6, 6.07) is 7.75. The van der Waals surface area contributed by atoms with Crippen LogP contribution in [0, 0.1) is 0 Å². The topological polar surface area (TPSA) is 82.4 Å². The molecule has 0 saturated heterocycles. The van der Waals surface area contributed by atoms with Crippen molar-refractivity contribution in [2.24, 2.45) is 0 Å². The van der Waals surface area contributed by atoms with E-state index in [2.05, 4.69) is 18.0 Å². The lowest BCUT2D eigenvalue weighted by Gasteiger charge is -2.40. The number of hydrogen-bond donors (Lipinski definition) is 3. The first-order valence-corrected chi connectivity index (χ1v) is 9.32. The van der Waals surface area contributed by atoms with Gasteiger partial charge in [-0.05, 0) is 60.3 Å². The zero-order valence-electron chi connectivity index (χ0n) is 15.4. The van der Waals surface area contributed by atoms with Gasteiger partial charge in [-0.2, -0.15) is 0 Å². The van der Waals surface area contributed by atoms with Crippen molar-refractivity contribution in [3.05, 3.63) is 41.0 Å². The van der Waals surface area contributed by atoms with E-state index in [1.807, 2.05) is 12.1 Å². The zero-order valence-corrected chi connectivity index (χ0v) is 15.4. The molecule has 2 aromatic carbocycles. The maximum Gasteiger partial charge on any atom is 0.165 e. The predicted molar refractivity (Wildman–Crippen MR) is 101 cm³/mol. The zero-order chi connectivity index (χ0) is 19.0. The molecule has 2 aromatic rings. The van der Waals surface area contributed by atoms with Crippen molar-refractivity contribution >= 4 is 0 Å². The minimum Gasteiger partial charge on any atom is -0.504 e. The van der Waals surface area contributed by atoms with Crippen LogP contribution in [0.2, 0.25) is 0 Å². The highest BCUT2D eigenvalue weighted by Gasteiger charge is 2.35. The molecular weight excluding hydrogens is 346 g/mol. The van der Waals surface area contributed by atoms with Crippen molar-refractivity contribution in [1.82, 2.24) is 4.90 Å². The molecule has 1 aliphatic carbocycles. The molecule has 0 saturated carbocycles. The van der Waals surface area contributed by atoms with Gasteiger partial charge in [0, 0.05) is 18.2 Å². The Morgan fingerprint density at radius 2 is 1.96 bits per heavy atom. The summed E-state index contributed by atoms with van der Waals surface area (Å²) in [6.45, 7) is 2.06. The lowest BCUT2D eigenvalue weighted by Crippen LogP contribution is -2.35. The number of phenolic OH excluding ortho intramolecular Hbond substituents is 2. The fourth-order valence-electron chi connectivity index (χ4n) is 4.19. The van der Waals surface area contributed by atoms with Gasteiger partial charge in [-0.3, -0.25) is 4.90 Å².